The zero-order valence-electron chi connectivity index (χ0n) is 18.5. The lowest BCUT2D eigenvalue weighted by atomic mass is 10.1. The van der Waals surface area contributed by atoms with Gasteiger partial charge in [0.1, 0.15) is 0 Å². The minimum atomic E-state index is -0.919. The van der Waals surface area contributed by atoms with Crippen molar-refractivity contribution in [3.8, 4) is 17.2 Å². The number of hydrogen-bond acceptors (Lipinski definition) is 6. The Morgan fingerprint density at radius 3 is 2.91 bits per heavy atom. The molecule has 2 aromatic carbocycles. The molecule has 0 aromatic heterocycles. The first-order valence-electron chi connectivity index (χ1n) is 11.1. The SMILES string of the molecule is C=CCNC(=O)C(CN(Cc1ccc2c(c1)OCO2)CC1CCCO1)Oc1ccccc1F. The van der Waals surface area contributed by atoms with Crippen LogP contribution in [-0.2, 0) is 16.1 Å². The summed E-state index contributed by atoms with van der Waals surface area (Å²) in [6.07, 6.45) is 2.72. The van der Waals surface area contributed by atoms with Gasteiger partial charge in [0.15, 0.2) is 29.2 Å². The van der Waals surface area contributed by atoms with Gasteiger partial charge in [0.05, 0.1) is 6.10 Å². The van der Waals surface area contributed by atoms with Gasteiger partial charge in [0, 0.05) is 32.8 Å². The van der Waals surface area contributed by atoms with Crippen LogP contribution in [0.2, 0.25) is 0 Å². The summed E-state index contributed by atoms with van der Waals surface area (Å²) in [5, 5.41) is 2.77. The van der Waals surface area contributed by atoms with Crippen molar-refractivity contribution in [1.29, 1.82) is 0 Å². The summed E-state index contributed by atoms with van der Waals surface area (Å²) in [6, 6.07) is 11.9. The van der Waals surface area contributed by atoms with Gasteiger partial charge in [0.2, 0.25) is 6.79 Å². The van der Waals surface area contributed by atoms with Crippen molar-refractivity contribution in [3.63, 3.8) is 0 Å². The van der Waals surface area contributed by atoms with Crippen LogP contribution in [0.1, 0.15) is 18.4 Å². The number of para-hydroxylation sites is 1. The molecule has 0 radical (unpaired) electrons. The first kappa shape index (κ1) is 23.1. The number of amides is 1. The second-order valence-corrected chi connectivity index (χ2v) is 8.09. The Bertz CT molecular complexity index is 964. The van der Waals surface area contributed by atoms with E-state index in [0.717, 1.165) is 25.0 Å². The highest BCUT2D eigenvalue weighted by Crippen LogP contribution is 2.33. The average molecular weight is 457 g/mol. The van der Waals surface area contributed by atoms with Crippen molar-refractivity contribution >= 4 is 5.91 Å². The lowest BCUT2D eigenvalue weighted by Crippen LogP contribution is -2.47. The first-order chi connectivity index (χ1) is 16.1. The van der Waals surface area contributed by atoms with Crippen molar-refractivity contribution in [2.24, 2.45) is 0 Å². The van der Waals surface area contributed by atoms with Crippen molar-refractivity contribution < 1.29 is 28.1 Å². The summed E-state index contributed by atoms with van der Waals surface area (Å²) in [6.45, 7) is 6.30. The van der Waals surface area contributed by atoms with E-state index in [-0.39, 0.29) is 31.1 Å². The topological polar surface area (TPSA) is 69.3 Å². The van der Waals surface area contributed by atoms with Gasteiger partial charge in [-0.05, 0) is 42.7 Å². The second-order valence-electron chi connectivity index (χ2n) is 8.09. The van der Waals surface area contributed by atoms with Crippen LogP contribution in [0.25, 0.3) is 0 Å². The Balaban J connectivity index is 1.53. The highest BCUT2D eigenvalue weighted by molar-refractivity contribution is 5.81. The zero-order chi connectivity index (χ0) is 23.0. The molecule has 1 N–H and O–H groups in total. The van der Waals surface area contributed by atoms with E-state index in [1.807, 2.05) is 18.2 Å². The first-order valence-corrected chi connectivity index (χ1v) is 11.1. The van der Waals surface area contributed by atoms with Gasteiger partial charge >= 0.3 is 0 Å². The molecule has 2 aromatic rings. The Morgan fingerprint density at radius 2 is 2.12 bits per heavy atom. The molecule has 1 fully saturated rings. The number of nitrogens with zero attached hydrogens (tertiary/aromatic N) is 1. The zero-order valence-corrected chi connectivity index (χ0v) is 18.5. The maximum atomic E-state index is 14.3. The highest BCUT2D eigenvalue weighted by atomic mass is 19.1. The third kappa shape index (κ3) is 6.24. The van der Waals surface area contributed by atoms with Crippen LogP contribution in [-0.4, -0.2) is 56.0 Å². The molecule has 4 rings (SSSR count). The molecule has 0 saturated carbocycles. The lowest BCUT2D eigenvalue weighted by molar-refractivity contribution is -0.129. The predicted octanol–water partition coefficient (Wildman–Crippen LogP) is 3.29. The molecule has 0 aliphatic carbocycles. The summed E-state index contributed by atoms with van der Waals surface area (Å²) in [7, 11) is 0. The predicted molar refractivity (Wildman–Crippen MR) is 121 cm³/mol. The van der Waals surface area contributed by atoms with Gasteiger partial charge < -0.3 is 24.3 Å². The second kappa shape index (κ2) is 11.2. The lowest BCUT2D eigenvalue weighted by Gasteiger charge is -2.29. The fraction of sp³-hybridized carbons (Fsp3) is 0.400. The molecule has 2 atom stereocenters. The Kier molecular flexibility index (Phi) is 7.80. The summed E-state index contributed by atoms with van der Waals surface area (Å²) in [4.78, 5) is 15.0. The van der Waals surface area contributed by atoms with Gasteiger partial charge in [-0.2, -0.15) is 0 Å². The van der Waals surface area contributed by atoms with Crippen LogP contribution in [0.5, 0.6) is 17.2 Å². The molecule has 2 heterocycles. The van der Waals surface area contributed by atoms with Gasteiger partial charge in [-0.1, -0.05) is 24.3 Å². The fourth-order valence-electron chi connectivity index (χ4n) is 3.97. The van der Waals surface area contributed by atoms with Crippen molar-refractivity contribution in [1.82, 2.24) is 10.2 Å². The van der Waals surface area contributed by atoms with Gasteiger partial charge in [-0.3, -0.25) is 9.69 Å². The smallest absolute Gasteiger partial charge is 0.262 e. The van der Waals surface area contributed by atoms with Gasteiger partial charge in [-0.25, -0.2) is 4.39 Å². The Hall–Kier alpha value is -3.10. The van der Waals surface area contributed by atoms with Crippen LogP contribution < -0.4 is 19.5 Å². The van der Waals surface area contributed by atoms with Crippen LogP contribution in [0, 0.1) is 5.82 Å². The summed E-state index contributed by atoms with van der Waals surface area (Å²) in [5.41, 5.74) is 1.01. The molecule has 2 aliphatic rings. The maximum absolute atomic E-state index is 14.3. The molecule has 0 spiro atoms. The molecule has 2 aliphatic heterocycles. The van der Waals surface area contributed by atoms with Gasteiger partial charge in [-0.15, -0.1) is 6.58 Å². The number of hydrogen-bond donors (Lipinski definition) is 1. The molecule has 33 heavy (non-hydrogen) atoms. The van der Waals surface area contributed by atoms with E-state index in [1.54, 1.807) is 18.2 Å². The minimum Gasteiger partial charge on any atom is -0.476 e. The molecule has 1 amide bonds. The highest BCUT2D eigenvalue weighted by Gasteiger charge is 2.28. The molecule has 1 saturated heterocycles. The largest absolute Gasteiger partial charge is 0.476 e. The number of nitrogens with one attached hydrogen (secondary N) is 1. The third-order valence-electron chi connectivity index (χ3n) is 5.57. The number of ether oxygens (including phenoxy) is 4. The number of rotatable bonds is 11. The van der Waals surface area contributed by atoms with Crippen LogP contribution in [0.4, 0.5) is 4.39 Å². The number of carbonyl (C=O) groups excluding carboxylic acids is 1. The van der Waals surface area contributed by atoms with E-state index in [4.69, 9.17) is 18.9 Å². The normalized spacial score (nSPS) is 17.7. The Labute approximate surface area is 193 Å². The van der Waals surface area contributed by atoms with E-state index >= 15 is 0 Å². The van der Waals surface area contributed by atoms with Crippen molar-refractivity contribution in [2.75, 3.05) is 33.0 Å². The molecule has 2 unspecified atom stereocenters. The third-order valence-corrected chi connectivity index (χ3v) is 5.57. The molecule has 7 nitrogen and oxygen atoms in total. The van der Waals surface area contributed by atoms with E-state index < -0.39 is 11.9 Å². The van der Waals surface area contributed by atoms with Gasteiger partial charge in [0.25, 0.3) is 5.91 Å². The number of benzene rings is 2. The standard InChI is InChI=1S/C25H29FN2O5/c1-2-11-27-25(29)24(33-21-8-4-3-7-20(21)26)16-28(15-19-6-5-12-30-19)14-18-9-10-22-23(13-18)32-17-31-22/h2-4,7-10,13,19,24H,1,5-6,11-12,14-17H2,(H,27,29). The molecular formula is C25H29FN2O5. The molecular weight excluding hydrogens is 427 g/mol. The molecule has 0 bridgehead atoms. The van der Waals surface area contributed by atoms with Crippen LogP contribution in [0.15, 0.2) is 55.1 Å². The quantitative estimate of drug-likeness (QED) is 0.524. The monoisotopic (exact) mass is 456 g/mol. The molecule has 176 valence electrons. The van der Waals surface area contributed by atoms with Crippen molar-refractivity contribution in [3.05, 3.63) is 66.5 Å². The average Bonchev–Trinajstić information content (AvgIpc) is 3.50. The summed E-state index contributed by atoms with van der Waals surface area (Å²) >= 11 is 0. The Morgan fingerprint density at radius 1 is 1.27 bits per heavy atom. The van der Waals surface area contributed by atoms with Crippen molar-refractivity contribution in [2.45, 2.75) is 31.6 Å². The maximum Gasteiger partial charge on any atom is 0.262 e. The fourth-order valence-corrected chi connectivity index (χ4v) is 3.97. The summed E-state index contributed by atoms with van der Waals surface area (Å²) in [5.74, 6) is 0.611. The minimum absolute atomic E-state index is 0.0383. The number of fused-ring (bicyclic) bond motifs is 1. The van der Waals surface area contributed by atoms with E-state index in [2.05, 4.69) is 16.8 Å². The molecule has 8 heteroatoms. The van der Waals surface area contributed by atoms with E-state index in [9.17, 15) is 9.18 Å². The van der Waals surface area contributed by atoms with Crippen LogP contribution >= 0.6 is 0 Å². The van der Waals surface area contributed by atoms with Crippen LogP contribution in [0.3, 0.4) is 0 Å². The van der Waals surface area contributed by atoms with E-state index in [0.29, 0.717) is 31.1 Å². The number of carbonyl (C=O) groups is 1. The van der Waals surface area contributed by atoms with E-state index in [1.165, 1.54) is 12.1 Å². The number of halogens is 1. The summed E-state index contributed by atoms with van der Waals surface area (Å²) < 4.78 is 36.9.